The van der Waals surface area contributed by atoms with Gasteiger partial charge in [0.25, 0.3) is 0 Å². The van der Waals surface area contributed by atoms with Crippen molar-refractivity contribution in [1.29, 1.82) is 0 Å². The first-order valence-electron chi connectivity index (χ1n) is 5.87. The fraction of sp³-hybridized carbons (Fsp3) is 0.417. The average Bonchev–Trinajstić information content (AvgIpc) is 2.41. The van der Waals surface area contributed by atoms with E-state index in [0.29, 0.717) is 24.2 Å². The number of carbonyl (C=O) groups is 1. The minimum Gasteiger partial charge on any atom is -0.385 e. The van der Waals surface area contributed by atoms with Crippen molar-refractivity contribution in [1.82, 2.24) is 0 Å². The van der Waals surface area contributed by atoms with E-state index in [1.54, 1.807) is 0 Å². The van der Waals surface area contributed by atoms with Gasteiger partial charge in [-0.15, -0.1) is 0 Å². The molecule has 0 aromatic heterocycles. The molecule has 0 spiro atoms. The molecular weight excluding hydrogens is 355 g/mol. The average molecular weight is 365 g/mol. The molecule has 0 aliphatic carbocycles. The van der Waals surface area contributed by atoms with Crippen molar-refractivity contribution in [3.05, 3.63) is 29.8 Å². The number of hydrogen-bond donors (Lipinski definition) is 1. The first kappa shape index (κ1) is 19.6. The third-order valence-corrected chi connectivity index (χ3v) is 3.34. The Balaban J connectivity index is 3.04. The van der Waals surface area contributed by atoms with E-state index in [1.165, 1.54) is 6.92 Å². The molecule has 1 unspecified atom stereocenters. The van der Waals surface area contributed by atoms with Crippen molar-refractivity contribution in [2.45, 2.75) is 35.9 Å². The number of carbonyl (C=O) groups excluding carboxylic acids is 1. The first-order valence-corrected chi connectivity index (χ1v) is 6.61. The zero-order chi connectivity index (χ0) is 18.1. The highest BCUT2D eigenvalue weighted by atomic mass is 32.2. The van der Waals surface area contributed by atoms with Crippen LogP contribution >= 0.6 is 12.0 Å². The van der Waals surface area contributed by atoms with Crippen LogP contribution in [0.5, 0.6) is 0 Å². The Labute approximate surface area is 130 Å². The molecule has 0 aliphatic rings. The van der Waals surface area contributed by atoms with Gasteiger partial charge in [-0.2, -0.15) is 26.3 Å². The predicted molar refractivity (Wildman–Crippen MR) is 66.9 cm³/mol. The summed E-state index contributed by atoms with van der Waals surface area (Å²) in [6, 6.07) is 1.21. The van der Waals surface area contributed by atoms with Crippen molar-refractivity contribution in [2.75, 3.05) is 0 Å². The number of benzene rings is 1. The molecule has 0 aliphatic heterocycles. The lowest BCUT2D eigenvalue weighted by Crippen LogP contribution is -2.50. The number of hydrogen-bond acceptors (Lipinski definition) is 4. The molecular formula is C12H10F7NO2S. The van der Waals surface area contributed by atoms with Crippen molar-refractivity contribution in [3.63, 3.8) is 0 Å². The van der Waals surface area contributed by atoms with Crippen LogP contribution in [0.25, 0.3) is 0 Å². The van der Waals surface area contributed by atoms with Crippen LogP contribution in [-0.2, 0) is 14.6 Å². The van der Waals surface area contributed by atoms with E-state index < -0.39 is 35.6 Å². The lowest BCUT2D eigenvalue weighted by Gasteiger charge is -2.30. The van der Waals surface area contributed by atoms with Crippen LogP contribution in [0, 0.1) is 0 Å². The van der Waals surface area contributed by atoms with E-state index in [-0.39, 0.29) is 4.90 Å². The quantitative estimate of drug-likeness (QED) is 0.650. The van der Waals surface area contributed by atoms with Gasteiger partial charge in [-0.1, -0.05) is 12.1 Å². The maximum absolute atomic E-state index is 13.7. The molecule has 0 radical (unpaired) electrons. The maximum Gasteiger partial charge on any atom is 0.435 e. The van der Waals surface area contributed by atoms with Gasteiger partial charge in [0.05, 0.1) is 12.0 Å². The molecule has 0 saturated heterocycles. The van der Waals surface area contributed by atoms with Crippen molar-refractivity contribution < 1.29 is 39.7 Å². The van der Waals surface area contributed by atoms with Gasteiger partial charge in [-0.25, -0.2) is 9.18 Å². The third kappa shape index (κ3) is 4.08. The maximum atomic E-state index is 13.7. The Kier molecular flexibility index (Phi) is 5.57. The van der Waals surface area contributed by atoms with E-state index >= 15 is 0 Å². The molecule has 1 atom stereocenters. The number of rotatable bonds is 4. The van der Waals surface area contributed by atoms with Crippen LogP contribution in [0.15, 0.2) is 29.2 Å². The predicted octanol–water partition coefficient (Wildman–Crippen LogP) is 3.87. The van der Waals surface area contributed by atoms with E-state index in [0.717, 1.165) is 12.1 Å². The zero-order valence-corrected chi connectivity index (χ0v) is 12.2. The van der Waals surface area contributed by atoms with Crippen LogP contribution in [0.4, 0.5) is 30.7 Å². The Morgan fingerprint density at radius 1 is 1.04 bits per heavy atom. The van der Waals surface area contributed by atoms with Gasteiger partial charge in [0.1, 0.15) is 6.04 Å². The van der Waals surface area contributed by atoms with E-state index in [9.17, 15) is 35.5 Å². The van der Waals surface area contributed by atoms with Gasteiger partial charge in [0.15, 0.2) is 0 Å². The van der Waals surface area contributed by atoms with Gasteiger partial charge in [-0.3, -0.25) is 0 Å². The van der Waals surface area contributed by atoms with Crippen LogP contribution in [-0.4, -0.2) is 24.4 Å². The molecule has 1 aromatic rings. The third-order valence-electron chi connectivity index (χ3n) is 2.63. The minimum atomic E-state index is -6.18. The summed E-state index contributed by atoms with van der Waals surface area (Å²) in [4.78, 5) is 11.1. The molecule has 0 saturated carbocycles. The van der Waals surface area contributed by atoms with Crippen LogP contribution in [0.1, 0.15) is 12.5 Å². The molecule has 0 bridgehead atoms. The molecule has 3 nitrogen and oxygen atoms in total. The fourth-order valence-electron chi connectivity index (χ4n) is 1.39. The zero-order valence-electron chi connectivity index (χ0n) is 11.3. The summed E-state index contributed by atoms with van der Waals surface area (Å²) >= 11 is 0.377. The Bertz CT molecular complexity index is 540. The standard InChI is InChI=1S/C12H10F7NO2S/c1-6(20)9(21)22-23-8-4-2-7(3-5-8)10(13,11(14,15)16)12(17,18)19/h2-6H,20H2,1H3. The first-order chi connectivity index (χ1) is 10.3. The van der Waals surface area contributed by atoms with Crippen molar-refractivity contribution in [2.24, 2.45) is 5.73 Å². The summed E-state index contributed by atoms with van der Waals surface area (Å²) in [5, 5.41) is 0. The van der Waals surface area contributed by atoms with E-state index in [2.05, 4.69) is 4.18 Å². The smallest absolute Gasteiger partial charge is 0.385 e. The Morgan fingerprint density at radius 3 is 1.83 bits per heavy atom. The summed E-state index contributed by atoms with van der Waals surface area (Å²) in [6.45, 7) is 1.32. The molecule has 0 amide bonds. The monoisotopic (exact) mass is 365 g/mol. The van der Waals surface area contributed by atoms with Crippen LogP contribution in [0.2, 0.25) is 0 Å². The summed E-state index contributed by atoms with van der Waals surface area (Å²) in [6.07, 6.45) is -12.4. The van der Waals surface area contributed by atoms with Gasteiger partial charge in [0, 0.05) is 10.5 Å². The fourth-order valence-corrected chi connectivity index (χ4v) is 1.97. The van der Waals surface area contributed by atoms with E-state index in [1.807, 2.05) is 0 Å². The molecule has 0 fully saturated rings. The topological polar surface area (TPSA) is 52.3 Å². The highest BCUT2D eigenvalue weighted by Crippen LogP contribution is 2.53. The van der Waals surface area contributed by atoms with Crippen LogP contribution < -0.4 is 5.73 Å². The minimum absolute atomic E-state index is 0.00514. The molecule has 0 heterocycles. The number of halogens is 7. The number of nitrogens with two attached hydrogens (primary N) is 1. The highest BCUT2D eigenvalue weighted by Gasteiger charge is 2.73. The summed E-state index contributed by atoms with van der Waals surface area (Å²) < 4.78 is 93.6. The lowest BCUT2D eigenvalue weighted by molar-refractivity contribution is -0.348. The second-order valence-electron chi connectivity index (χ2n) is 4.45. The SMILES string of the molecule is CC(N)C(=O)OSc1ccc(C(F)(C(F)(F)F)C(F)(F)F)cc1. The highest BCUT2D eigenvalue weighted by molar-refractivity contribution is 7.95. The van der Waals surface area contributed by atoms with Crippen LogP contribution in [0.3, 0.4) is 0 Å². The second kappa shape index (κ2) is 6.56. The van der Waals surface area contributed by atoms with Gasteiger partial charge in [0.2, 0.25) is 0 Å². The Morgan fingerprint density at radius 2 is 1.48 bits per heavy atom. The molecule has 2 N–H and O–H groups in total. The second-order valence-corrected chi connectivity index (χ2v) is 5.26. The van der Waals surface area contributed by atoms with Crippen molar-refractivity contribution in [3.8, 4) is 0 Å². The lowest BCUT2D eigenvalue weighted by atomic mass is 9.94. The van der Waals surface area contributed by atoms with Gasteiger partial charge < -0.3 is 9.92 Å². The van der Waals surface area contributed by atoms with Gasteiger partial charge in [-0.05, 0) is 19.1 Å². The summed E-state index contributed by atoms with van der Waals surface area (Å²) in [5.74, 6) is -0.843. The summed E-state index contributed by atoms with van der Waals surface area (Å²) in [7, 11) is 0. The normalized spacial score (nSPS) is 14.5. The Hall–Kier alpha value is -1.49. The molecule has 1 rings (SSSR count). The molecule has 1 aromatic carbocycles. The summed E-state index contributed by atoms with van der Waals surface area (Å²) in [5.41, 5.74) is -1.93. The molecule has 23 heavy (non-hydrogen) atoms. The molecule has 130 valence electrons. The van der Waals surface area contributed by atoms with Crippen molar-refractivity contribution >= 4 is 18.0 Å². The molecule has 11 heteroatoms. The van der Waals surface area contributed by atoms with E-state index in [4.69, 9.17) is 5.73 Å². The largest absolute Gasteiger partial charge is 0.435 e. The van der Waals surface area contributed by atoms with Gasteiger partial charge >= 0.3 is 24.0 Å². The number of alkyl halides is 7.